The standard InChI is InChI=1S/C17H26N2O3/c1-12-7-13(9-14(8-12)22-3)10-18-16(21)19-15-5-4-6-17(15,2)11-20/h7-9,15,20H,4-6,10-11H2,1-3H3,(H2,18,19,21). The van der Waals surface area contributed by atoms with Crippen molar-refractivity contribution in [1.29, 1.82) is 0 Å². The van der Waals surface area contributed by atoms with Gasteiger partial charge in [0.15, 0.2) is 0 Å². The molecular weight excluding hydrogens is 280 g/mol. The summed E-state index contributed by atoms with van der Waals surface area (Å²) in [6.07, 6.45) is 2.91. The van der Waals surface area contributed by atoms with E-state index in [4.69, 9.17) is 4.74 Å². The lowest BCUT2D eigenvalue weighted by molar-refractivity contribution is 0.121. The summed E-state index contributed by atoms with van der Waals surface area (Å²) in [4.78, 5) is 12.1. The minimum absolute atomic E-state index is 0.0320. The third-order valence-electron chi connectivity index (χ3n) is 4.55. The highest BCUT2D eigenvalue weighted by Gasteiger charge is 2.39. The Morgan fingerprint density at radius 2 is 2.23 bits per heavy atom. The number of benzene rings is 1. The van der Waals surface area contributed by atoms with Crippen LogP contribution in [0.2, 0.25) is 0 Å². The highest BCUT2D eigenvalue weighted by molar-refractivity contribution is 5.74. The van der Waals surface area contributed by atoms with Gasteiger partial charge in [-0.05, 0) is 43.0 Å². The second kappa shape index (κ2) is 7.01. The average molecular weight is 306 g/mol. The first kappa shape index (κ1) is 16.6. The summed E-state index contributed by atoms with van der Waals surface area (Å²) in [6.45, 7) is 4.58. The summed E-state index contributed by atoms with van der Waals surface area (Å²) in [5.41, 5.74) is 1.90. The van der Waals surface area contributed by atoms with Crippen LogP contribution in [-0.2, 0) is 6.54 Å². The molecule has 0 radical (unpaired) electrons. The number of amides is 2. The lowest BCUT2D eigenvalue weighted by Crippen LogP contribution is -2.48. The molecular formula is C17H26N2O3. The summed E-state index contributed by atoms with van der Waals surface area (Å²) in [5.74, 6) is 0.792. The van der Waals surface area contributed by atoms with Crippen molar-refractivity contribution in [1.82, 2.24) is 10.6 Å². The predicted molar refractivity (Wildman–Crippen MR) is 85.9 cm³/mol. The summed E-state index contributed by atoms with van der Waals surface area (Å²) >= 11 is 0. The predicted octanol–water partition coefficient (Wildman–Crippen LogP) is 2.35. The summed E-state index contributed by atoms with van der Waals surface area (Å²) in [5, 5.41) is 15.4. The molecule has 0 saturated heterocycles. The Hall–Kier alpha value is -1.75. The minimum Gasteiger partial charge on any atom is -0.497 e. The van der Waals surface area contributed by atoms with Crippen molar-refractivity contribution >= 4 is 6.03 Å². The van der Waals surface area contributed by atoms with Gasteiger partial charge in [0.1, 0.15) is 5.75 Å². The number of ether oxygens (including phenoxy) is 1. The van der Waals surface area contributed by atoms with Gasteiger partial charge in [-0.3, -0.25) is 0 Å². The van der Waals surface area contributed by atoms with Crippen LogP contribution in [-0.4, -0.2) is 30.9 Å². The highest BCUT2D eigenvalue weighted by Crippen LogP contribution is 2.37. The molecule has 2 unspecified atom stereocenters. The highest BCUT2D eigenvalue weighted by atomic mass is 16.5. The van der Waals surface area contributed by atoms with E-state index in [1.807, 2.05) is 32.0 Å². The van der Waals surface area contributed by atoms with Gasteiger partial charge in [-0.2, -0.15) is 0 Å². The number of methoxy groups -OCH3 is 1. The topological polar surface area (TPSA) is 70.6 Å². The number of hydrogen-bond acceptors (Lipinski definition) is 3. The van der Waals surface area contributed by atoms with Gasteiger partial charge in [-0.15, -0.1) is 0 Å². The van der Waals surface area contributed by atoms with Gasteiger partial charge < -0.3 is 20.5 Å². The van der Waals surface area contributed by atoms with Crippen molar-refractivity contribution in [3.8, 4) is 5.75 Å². The van der Waals surface area contributed by atoms with Crippen LogP contribution in [0.5, 0.6) is 5.75 Å². The fourth-order valence-corrected chi connectivity index (χ4v) is 3.10. The SMILES string of the molecule is COc1cc(C)cc(CNC(=O)NC2CCCC2(C)CO)c1. The molecule has 122 valence electrons. The zero-order chi connectivity index (χ0) is 16.2. The molecule has 1 fully saturated rings. The van der Waals surface area contributed by atoms with Crippen LogP contribution in [0, 0.1) is 12.3 Å². The zero-order valence-corrected chi connectivity index (χ0v) is 13.6. The van der Waals surface area contributed by atoms with Crippen molar-refractivity contribution in [2.45, 2.75) is 45.7 Å². The van der Waals surface area contributed by atoms with Crippen LogP contribution >= 0.6 is 0 Å². The van der Waals surface area contributed by atoms with Crippen molar-refractivity contribution in [2.75, 3.05) is 13.7 Å². The van der Waals surface area contributed by atoms with E-state index in [0.29, 0.717) is 6.54 Å². The lowest BCUT2D eigenvalue weighted by atomic mass is 9.86. The maximum atomic E-state index is 12.1. The number of hydrogen-bond donors (Lipinski definition) is 3. The molecule has 0 aromatic heterocycles. The number of carbonyl (C=O) groups is 1. The number of aryl methyl sites for hydroxylation is 1. The molecule has 2 rings (SSSR count). The van der Waals surface area contributed by atoms with E-state index >= 15 is 0 Å². The smallest absolute Gasteiger partial charge is 0.315 e. The molecule has 5 nitrogen and oxygen atoms in total. The van der Waals surface area contributed by atoms with E-state index in [1.165, 1.54) is 0 Å². The molecule has 1 saturated carbocycles. The summed E-state index contributed by atoms with van der Waals surface area (Å²) in [7, 11) is 1.63. The summed E-state index contributed by atoms with van der Waals surface area (Å²) in [6, 6.07) is 5.74. The zero-order valence-electron chi connectivity index (χ0n) is 13.6. The van der Waals surface area contributed by atoms with E-state index in [0.717, 1.165) is 36.1 Å². The van der Waals surface area contributed by atoms with Crippen molar-refractivity contribution in [3.05, 3.63) is 29.3 Å². The van der Waals surface area contributed by atoms with Crippen LogP contribution in [0.25, 0.3) is 0 Å². The molecule has 22 heavy (non-hydrogen) atoms. The van der Waals surface area contributed by atoms with Gasteiger partial charge >= 0.3 is 6.03 Å². The normalized spacial score (nSPS) is 24.1. The first-order valence-corrected chi connectivity index (χ1v) is 7.76. The van der Waals surface area contributed by atoms with Gasteiger partial charge in [0, 0.05) is 18.0 Å². The molecule has 5 heteroatoms. The van der Waals surface area contributed by atoms with E-state index < -0.39 is 0 Å². The van der Waals surface area contributed by atoms with E-state index in [2.05, 4.69) is 10.6 Å². The third kappa shape index (κ3) is 3.91. The van der Waals surface area contributed by atoms with Crippen LogP contribution in [0.3, 0.4) is 0 Å². The monoisotopic (exact) mass is 306 g/mol. The molecule has 1 aromatic carbocycles. The largest absolute Gasteiger partial charge is 0.497 e. The molecule has 3 N–H and O–H groups in total. The van der Waals surface area contributed by atoms with Crippen LogP contribution in [0.15, 0.2) is 18.2 Å². The molecule has 0 aliphatic heterocycles. The number of nitrogens with one attached hydrogen (secondary N) is 2. The number of aliphatic hydroxyl groups is 1. The Labute approximate surface area is 132 Å². The second-order valence-electron chi connectivity index (χ2n) is 6.44. The third-order valence-corrected chi connectivity index (χ3v) is 4.55. The Bertz CT molecular complexity index is 533. The van der Waals surface area contributed by atoms with Gasteiger partial charge in [-0.25, -0.2) is 4.79 Å². The van der Waals surface area contributed by atoms with Crippen LogP contribution < -0.4 is 15.4 Å². The minimum atomic E-state index is -0.204. The molecule has 0 bridgehead atoms. The van der Waals surface area contributed by atoms with Crippen molar-refractivity contribution in [3.63, 3.8) is 0 Å². The fourth-order valence-electron chi connectivity index (χ4n) is 3.10. The Morgan fingerprint density at radius 1 is 1.45 bits per heavy atom. The van der Waals surface area contributed by atoms with E-state index in [9.17, 15) is 9.90 Å². The quantitative estimate of drug-likeness (QED) is 0.782. The van der Waals surface area contributed by atoms with Gasteiger partial charge in [0.25, 0.3) is 0 Å². The Kier molecular flexibility index (Phi) is 5.29. The molecule has 1 aliphatic carbocycles. The number of rotatable bonds is 5. The van der Waals surface area contributed by atoms with Gasteiger partial charge in [0.2, 0.25) is 0 Å². The molecule has 1 aliphatic rings. The second-order valence-corrected chi connectivity index (χ2v) is 6.44. The number of urea groups is 1. The molecule has 0 heterocycles. The lowest BCUT2D eigenvalue weighted by Gasteiger charge is -2.30. The Morgan fingerprint density at radius 3 is 2.91 bits per heavy atom. The average Bonchev–Trinajstić information content (AvgIpc) is 2.86. The first-order valence-electron chi connectivity index (χ1n) is 7.76. The maximum absolute atomic E-state index is 12.1. The van der Waals surface area contributed by atoms with E-state index in [-0.39, 0.29) is 24.1 Å². The number of aliphatic hydroxyl groups excluding tert-OH is 1. The van der Waals surface area contributed by atoms with E-state index in [1.54, 1.807) is 7.11 Å². The van der Waals surface area contributed by atoms with Gasteiger partial charge in [-0.1, -0.05) is 19.4 Å². The van der Waals surface area contributed by atoms with Crippen molar-refractivity contribution in [2.24, 2.45) is 5.41 Å². The first-order chi connectivity index (χ1) is 10.5. The van der Waals surface area contributed by atoms with Gasteiger partial charge in [0.05, 0.1) is 13.7 Å². The molecule has 2 atom stereocenters. The summed E-state index contributed by atoms with van der Waals surface area (Å²) < 4.78 is 5.24. The van der Waals surface area contributed by atoms with Crippen LogP contribution in [0.4, 0.5) is 4.79 Å². The fraction of sp³-hybridized carbons (Fsp3) is 0.588. The Balaban J connectivity index is 1.89. The molecule has 2 amide bonds. The van der Waals surface area contributed by atoms with Crippen LogP contribution in [0.1, 0.15) is 37.3 Å². The van der Waals surface area contributed by atoms with Crippen molar-refractivity contribution < 1.29 is 14.6 Å². The maximum Gasteiger partial charge on any atom is 0.315 e. The molecule has 0 spiro atoms. The molecule has 1 aromatic rings. The number of carbonyl (C=O) groups excluding carboxylic acids is 1.